The van der Waals surface area contributed by atoms with Crippen molar-refractivity contribution in [3.05, 3.63) is 29.8 Å². The summed E-state index contributed by atoms with van der Waals surface area (Å²) < 4.78 is 45.9. The van der Waals surface area contributed by atoms with Crippen LogP contribution in [-0.2, 0) is 19.2 Å². The van der Waals surface area contributed by atoms with Crippen molar-refractivity contribution in [2.45, 2.75) is 32.0 Å². The van der Waals surface area contributed by atoms with Gasteiger partial charge in [-0.15, -0.1) is 13.2 Å². The van der Waals surface area contributed by atoms with Gasteiger partial charge in [-0.05, 0) is 25.0 Å². The highest BCUT2D eigenvalue weighted by molar-refractivity contribution is 6.69. The molecule has 0 aliphatic heterocycles. The zero-order chi connectivity index (χ0) is 19.9. The molecule has 1 fully saturated rings. The van der Waals surface area contributed by atoms with E-state index in [1.165, 1.54) is 18.2 Å². The second-order valence-corrected chi connectivity index (χ2v) is 6.11. The highest BCUT2D eigenvalue weighted by Crippen LogP contribution is 2.31. The van der Waals surface area contributed by atoms with Gasteiger partial charge in [0.15, 0.2) is 5.17 Å². The van der Waals surface area contributed by atoms with Crippen molar-refractivity contribution in [1.29, 1.82) is 0 Å². The van der Waals surface area contributed by atoms with E-state index < -0.39 is 18.1 Å². The molecule has 10 heteroatoms. The first-order valence-electron chi connectivity index (χ1n) is 8.15. The summed E-state index contributed by atoms with van der Waals surface area (Å²) in [5, 5.41) is 3.20. The van der Waals surface area contributed by atoms with Gasteiger partial charge in [-0.2, -0.15) is 0 Å². The Kier molecular flexibility index (Phi) is 7.46. The quantitative estimate of drug-likeness (QED) is 0.194. The van der Waals surface area contributed by atoms with Gasteiger partial charge in [0.25, 0.3) is 0 Å². The van der Waals surface area contributed by atoms with Crippen LogP contribution in [0.2, 0.25) is 0 Å². The number of esters is 1. The van der Waals surface area contributed by atoms with Crippen molar-refractivity contribution in [1.82, 2.24) is 0 Å². The first-order chi connectivity index (χ1) is 12.8. The molecule has 6 nitrogen and oxygen atoms in total. The normalized spacial score (nSPS) is 14.6. The van der Waals surface area contributed by atoms with Crippen molar-refractivity contribution in [2.24, 2.45) is 11.1 Å². The van der Waals surface area contributed by atoms with Gasteiger partial charge in [0.1, 0.15) is 24.6 Å². The van der Waals surface area contributed by atoms with Gasteiger partial charge in [-0.25, -0.2) is 0 Å². The minimum absolute atomic E-state index is 0.00145. The maximum Gasteiger partial charge on any atom is 0.573 e. The summed E-state index contributed by atoms with van der Waals surface area (Å²) in [6.07, 6.45) is -3.16. The minimum atomic E-state index is -4.86. The van der Waals surface area contributed by atoms with Crippen molar-refractivity contribution in [3.63, 3.8) is 0 Å². The van der Waals surface area contributed by atoms with Crippen LogP contribution in [0.15, 0.2) is 29.4 Å². The van der Waals surface area contributed by atoms with Crippen LogP contribution in [-0.4, -0.2) is 36.5 Å². The van der Waals surface area contributed by atoms with E-state index in [9.17, 15) is 22.8 Å². The number of alkyl halides is 3. The van der Waals surface area contributed by atoms with Crippen LogP contribution < -0.4 is 4.74 Å². The molecule has 148 valence electrons. The Hall–Kier alpha value is -2.29. The van der Waals surface area contributed by atoms with Crippen LogP contribution in [0.3, 0.4) is 0 Å². The number of oxime groups is 1. The molecule has 0 bridgehead atoms. The molecule has 27 heavy (non-hydrogen) atoms. The third-order valence-electron chi connectivity index (χ3n) is 3.47. The summed E-state index contributed by atoms with van der Waals surface area (Å²) >= 11 is 5.85. The molecule has 0 aromatic heterocycles. The van der Waals surface area contributed by atoms with Gasteiger partial charge in [0.2, 0.25) is 0 Å². The molecule has 0 N–H and O–H groups in total. The Morgan fingerprint density at radius 3 is 2.56 bits per heavy atom. The van der Waals surface area contributed by atoms with Crippen molar-refractivity contribution < 1.29 is 37.1 Å². The summed E-state index contributed by atoms with van der Waals surface area (Å²) in [4.78, 5) is 27.8. The van der Waals surface area contributed by atoms with E-state index in [1.807, 2.05) is 0 Å². The SMILES string of the molecule is O=C(CC(=O)C1CC1)OCCCO/N=C(\Cl)c1ccccc1OC(F)(F)F. The fourth-order valence-electron chi connectivity index (χ4n) is 2.05. The molecule has 1 aliphatic carbocycles. The molecule has 1 aromatic rings. The predicted molar refractivity (Wildman–Crippen MR) is 89.4 cm³/mol. The maximum absolute atomic E-state index is 12.4. The highest BCUT2D eigenvalue weighted by atomic mass is 35.5. The number of benzene rings is 1. The number of hydrogen-bond donors (Lipinski definition) is 0. The topological polar surface area (TPSA) is 74.2 Å². The molecule has 0 radical (unpaired) electrons. The van der Waals surface area contributed by atoms with Gasteiger partial charge in [-0.1, -0.05) is 28.9 Å². The Morgan fingerprint density at radius 2 is 1.89 bits per heavy atom. The van der Waals surface area contributed by atoms with E-state index in [2.05, 4.69) is 9.89 Å². The Bertz CT molecular complexity index is 704. The smallest absolute Gasteiger partial charge is 0.465 e. The summed E-state index contributed by atoms with van der Waals surface area (Å²) in [5.74, 6) is -1.20. The first-order valence-corrected chi connectivity index (χ1v) is 8.53. The lowest BCUT2D eigenvalue weighted by molar-refractivity contribution is -0.274. The third kappa shape index (κ3) is 7.86. The van der Waals surface area contributed by atoms with Crippen LogP contribution >= 0.6 is 11.6 Å². The molecule has 0 heterocycles. The molecule has 0 atom stereocenters. The highest BCUT2D eigenvalue weighted by Gasteiger charge is 2.32. The van der Waals surface area contributed by atoms with E-state index in [0.29, 0.717) is 0 Å². The molecule has 0 saturated heterocycles. The van der Waals surface area contributed by atoms with E-state index in [1.54, 1.807) is 0 Å². The largest absolute Gasteiger partial charge is 0.573 e. The minimum Gasteiger partial charge on any atom is -0.465 e. The van der Waals surface area contributed by atoms with Gasteiger partial charge in [0.05, 0.1) is 12.2 Å². The molecular formula is C17H17ClF3NO5. The lowest BCUT2D eigenvalue weighted by atomic mass is 10.2. The standard InChI is InChI=1S/C17H17ClF3NO5/c18-16(12-4-1-2-5-14(12)27-17(19,20)21)22-26-9-3-8-25-15(24)10-13(23)11-6-7-11/h1-2,4-5,11H,3,6-10H2/b22-16-. The molecule has 1 aromatic carbocycles. The van der Waals surface area contributed by atoms with Crippen LogP contribution in [0.1, 0.15) is 31.2 Å². The summed E-state index contributed by atoms with van der Waals surface area (Å²) in [7, 11) is 0. The van der Waals surface area contributed by atoms with Crippen LogP contribution in [0.25, 0.3) is 0 Å². The Morgan fingerprint density at radius 1 is 1.19 bits per heavy atom. The number of halogens is 4. The number of para-hydroxylation sites is 1. The van der Waals surface area contributed by atoms with Crippen LogP contribution in [0, 0.1) is 5.92 Å². The fraction of sp³-hybridized carbons (Fsp3) is 0.471. The van der Waals surface area contributed by atoms with E-state index in [4.69, 9.17) is 21.2 Å². The summed E-state index contributed by atoms with van der Waals surface area (Å²) in [5.41, 5.74) is -0.0819. The molecule has 0 amide bonds. The average Bonchev–Trinajstić information content (AvgIpc) is 3.41. The van der Waals surface area contributed by atoms with Gasteiger partial charge in [-0.3, -0.25) is 9.59 Å². The Labute approximate surface area is 158 Å². The van der Waals surface area contributed by atoms with E-state index >= 15 is 0 Å². The number of nitrogens with zero attached hydrogens (tertiary/aromatic N) is 1. The molecule has 1 saturated carbocycles. The summed E-state index contributed by atoms with van der Waals surface area (Å²) in [6, 6.07) is 5.23. The molecule has 0 unspecified atom stereocenters. The monoisotopic (exact) mass is 407 g/mol. The van der Waals surface area contributed by atoms with Gasteiger partial charge < -0.3 is 14.3 Å². The van der Waals surface area contributed by atoms with Gasteiger partial charge in [0, 0.05) is 12.3 Å². The average molecular weight is 408 g/mol. The lowest BCUT2D eigenvalue weighted by Crippen LogP contribution is -2.18. The second kappa shape index (κ2) is 9.59. The third-order valence-corrected chi connectivity index (χ3v) is 3.75. The van der Waals surface area contributed by atoms with E-state index in [0.717, 1.165) is 18.9 Å². The summed E-state index contributed by atoms with van der Waals surface area (Å²) in [6.45, 7) is 0.0417. The number of rotatable bonds is 10. The number of ether oxygens (including phenoxy) is 2. The number of Topliss-reactive ketones (excluding diaryl/α,β-unsaturated/α-hetero) is 1. The van der Waals surface area contributed by atoms with Crippen molar-refractivity contribution >= 4 is 28.5 Å². The second-order valence-electron chi connectivity index (χ2n) is 5.75. The van der Waals surface area contributed by atoms with Crippen molar-refractivity contribution in [2.75, 3.05) is 13.2 Å². The number of ketones is 1. The molecular weight excluding hydrogens is 391 g/mol. The number of carbonyl (C=O) groups excluding carboxylic acids is 2. The molecule has 2 rings (SSSR count). The zero-order valence-electron chi connectivity index (χ0n) is 14.1. The maximum atomic E-state index is 12.4. The zero-order valence-corrected chi connectivity index (χ0v) is 14.9. The lowest BCUT2D eigenvalue weighted by Gasteiger charge is -2.11. The number of carbonyl (C=O) groups is 2. The van der Waals surface area contributed by atoms with Crippen LogP contribution in [0.5, 0.6) is 5.75 Å². The Balaban J connectivity index is 1.71. The fourth-order valence-corrected chi connectivity index (χ4v) is 2.26. The van der Waals surface area contributed by atoms with Gasteiger partial charge >= 0.3 is 12.3 Å². The number of hydrogen-bond acceptors (Lipinski definition) is 6. The van der Waals surface area contributed by atoms with Crippen LogP contribution in [0.4, 0.5) is 13.2 Å². The first kappa shape index (κ1) is 21.0. The molecule has 0 spiro atoms. The molecule has 1 aliphatic rings. The van der Waals surface area contributed by atoms with E-state index in [-0.39, 0.29) is 48.5 Å². The van der Waals surface area contributed by atoms with Crippen molar-refractivity contribution in [3.8, 4) is 5.75 Å². The predicted octanol–water partition coefficient (Wildman–Crippen LogP) is 3.80.